The Bertz CT molecular complexity index is 960. The second kappa shape index (κ2) is 7.74. The molecule has 0 atom stereocenters. The molecule has 0 saturated carbocycles. The summed E-state index contributed by atoms with van der Waals surface area (Å²) in [4.78, 5) is 16.5. The average Bonchev–Trinajstić information content (AvgIpc) is 3.13. The molecule has 3 aromatic rings. The van der Waals surface area contributed by atoms with Crippen LogP contribution in [0.2, 0.25) is 0 Å². The predicted molar refractivity (Wildman–Crippen MR) is 102 cm³/mol. The van der Waals surface area contributed by atoms with Crippen LogP contribution in [0.15, 0.2) is 48.8 Å². The van der Waals surface area contributed by atoms with Gasteiger partial charge in [0.2, 0.25) is 5.91 Å². The standard InChI is InChI=1S/C20H21N3O3/c1-4-26-17-8-5-15(13-18(17)25-3)6-10-20(24)22-16-7-9-19-21-11-12-23(19)14(16)2/h5-13H,4H2,1-3H3,(H,22,24)/b10-6+. The summed E-state index contributed by atoms with van der Waals surface area (Å²) in [7, 11) is 1.59. The maximum atomic E-state index is 12.3. The zero-order chi connectivity index (χ0) is 18.5. The number of hydrogen-bond donors (Lipinski definition) is 1. The van der Waals surface area contributed by atoms with E-state index in [9.17, 15) is 4.79 Å². The lowest BCUT2D eigenvalue weighted by Crippen LogP contribution is -2.10. The van der Waals surface area contributed by atoms with E-state index < -0.39 is 0 Å². The van der Waals surface area contributed by atoms with Crippen LogP contribution in [0.5, 0.6) is 11.5 Å². The Morgan fingerprint density at radius 3 is 2.88 bits per heavy atom. The van der Waals surface area contributed by atoms with Crippen LogP contribution >= 0.6 is 0 Å². The van der Waals surface area contributed by atoms with Gasteiger partial charge < -0.3 is 19.2 Å². The zero-order valence-corrected chi connectivity index (χ0v) is 15.0. The third-order valence-electron chi connectivity index (χ3n) is 3.99. The average molecular weight is 351 g/mol. The van der Waals surface area contributed by atoms with Gasteiger partial charge in [0.25, 0.3) is 0 Å². The first-order chi connectivity index (χ1) is 12.6. The minimum atomic E-state index is -0.208. The summed E-state index contributed by atoms with van der Waals surface area (Å²) < 4.78 is 12.7. The van der Waals surface area contributed by atoms with Crippen LogP contribution in [0.25, 0.3) is 11.7 Å². The third kappa shape index (κ3) is 3.69. The summed E-state index contributed by atoms with van der Waals surface area (Å²) in [5.41, 5.74) is 3.36. The number of aromatic nitrogens is 2. The fourth-order valence-corrected chi connectivity index (χ4v) is 2.67. The number of anilines is 1. The maximum absolute atomic E-state index is 12.3. The van der Waals surface area contributed by atoms with Crippen molar-refractivity contribution in [2.75, 3.05) is 19.0 Å². The molecule has 0 aliphatic carbocycles. The highest BCUT2D eigenvalue weighted by atomic mass is 16.5. The van der Waals surface area contributed by atoms with Gasteiger partial charge in [0.15, 0.2) is 11.5 Å². The number of methoxy groups -OCH3 is 1. The molecule has 1 N–H and O–H groups in total. The highest BCUT2D eigenvalue weighted by Crippen LogP contribution is 2.28. The molecule has 0 unspecified atom stereocenters. The smallest absolute Gasteiger partial charge is 0.248 e. The summed E-state index contributed by atoms with van der Waals surface area (Å²) in [5.74, 6) is 1.11. The van der Waals surface area contributed by atoms with Gasteiger partial charge in [-0.05, 0) is 49.8 Å². The van der Waals surface area contributed by atoms with Gasteiger partial charge in [0.05, 0.1) is 19.4 Å². The molecule has 6 heteroatoms. The highest BCUT2D eigenvalue weighted by molar-refractivity contribution is 6.02. The van der Waals surface area contributed by atoms with E-state index in [-0.39, 0.29) is 5.91 Å². The first-order valence-corrected chi connectivity index (χ1v) is 8.35. The fourth-order valence-electron chi connectivity index (χ4n) is 2.67. The number of benzene rings is 1. The summed E-state index contributed by atoms with van der Waals surface area (Å²) in [6.45, 7) is 4.42. The van der Waals surface area contributed by atoms with Gasteiger partial charge in [-0.15, -0.1) is 0 Å². The number of fused-ring (bicyclic) bond motifs is 1. The number of pyridine rings is 1. The van der Waals surface area contributed by atoms with Crippen LogP contribution in [0, 0.1) is 6.92 Å². The lowest BCUT2D eigenvalue weighted by atomic mass is 10.2. The number of amides is 1. The lowest BCUT2D eigenvalue weighted by molar-refractivity contribution is -0.111. The molecule has 0 aliphatic rings. The number of nitrogens with one attached hydrogen (secondary N) is 1. The minimum absolute atomic E-state index is 0.208. The Labute approximate surface area is 152 Å². The molecule has 0 bridgehead atoms. The van der Waals surface area contributed by atoms with Crippen LogP contribution < -0.4 is 14.8 Å². The van der Waals surface area contributed by atoms with Gasteiger partial charge in [-0.2, -0.15) is 0 Å². The Kier molecular flexibility index (Phi) is 5.22. The first kappa shape index (κ1) is 17.5. The fraction of sp³-hybridized carbons (Fsp3) is 0.200. The van der Waals surface area contributed by atoms with Crippen molar-refractivity contribution in [3.8, 4) is 11.5 Å². The minimum Gasteiger partial charge on any atom is -0.493 e. The van der Waals surface area contributed by atoms with Gasteiger partial charge in [0.1, 0.15) is 5.65 Å². The van der Waals surface area contributed by atoms with Crippen molar-refractivity contribution >= 4 is 23.3 Å². The second-order valence-corrected chi connectivity index (χ2v) is 5.65. The largest absolute Gasteiger partial charge is 0.493 e. The number of nitrogens with zero attached hydrogens (tertiary/aromatic N) is 2. The number of carbonyl (C=O) groups excluding carboxylic acids is 1. The van der Waals surface area contributed by atoms with E-state index in [1.807, 2.05) is 54.8 Å². The van der Waals surface area contributed by atoms with E-state index in [0.29, 0.717) is 18.1 Å². The molecule has 26 heavy (non-hydrogen) atoms. The van der Waals surface area contributed by atoms with Crippen LogP contribution in [0.4, 0.5) is 5.69 Å². The van der Waals surface area contributed by atoms with Gasteiger partial charge in [-0.25, -0.2) is 4.98 Å². The molecular weight excluding hydrogens is 330 g/mol. The molecule has 6 nitrogen and oxygen atoms in total. The van der Waals surface area contributed by atoms with Gasteiger partial charge in [0, 0.05) is 24.2 Å². The van der Waals surface area contributed by atoms with Gasteiger partial charge in [-0.3, -0.25) is 4.79 Å². The summed E-state index contributed by atoms with van der Waals surface area (Å²) in [6, 6.07) is 9.25. The Morgan fingerprint density at radius 2 is 2.12 bits per heavy atom. The van der Waals surface area contributed by atoms with Crippen LogP contribution in [0.3, 0.4) is 0 Å². The maximum Gasteiger partial charge on any atom is 0.248 e. The molecule has 0 fully saturated rings. The number of ether oxygens (including phenoxy) is 2. The Balaban J connectivity index is 1.73. The molecule has 0 spiro atoms. The van der Waals surface area contributed by atoms with Crippen LogP contribution in [-0.2, 0) is 4.79 Å². The molecule has 1 aromatic carbocycles. The molecule has 0 aliphatic heterocycles. The molecular formula is C20H21N3O3. The molecule has 0 saturated heterocycles. The number of imidazole rings is 1. The van der Waals surface area contributed by atoms with E-state index in [0.717, 1.165) is 22.6 Å². The Morgan fingerprint density at radius 1 is 1.27 bits per heavy atom. The summed E-state index contributed by atoms with van der Waals surface area (Å²) in [5, 5.41) is 2.89. The van der Waals surface area contributed by atoms with Crippen molar-refractivity contribution < 1.29 is 14.3 Å². The lowest BCUT2D eigenvalue weighted by Gasteiger charge is -2.10. The molecule has 1 amide bonds. The van der Waals surface area contributed by atoms with Gasteiger partial charge >= 0.3 is 0 Å². The van der Waals surface area contributed by atoms with Crippen molar-refractivity contribution in [3.05, 3.63) is 60.1 Å². The van der Waals surface area contributed by atoms with Crippen molar-refractivity contribution in [2.24, 2.45) is 0 Å². The van der Waals surface area contributed by atoms with E-state index in [1.54, 1.807) is 19.4 Å². The van der Waals surface area contributed by atoms with Crippen molar-refractivity contribution in [1.29, 1.82) is 0 Å². The van der Waals surface area contributed by atoms with Crippen molar-refractivity contribution in [1.82, 2.24) is 9.38 Å². The van der Waals surface area contributed by atoms with Crippen molar-refractivity contribution in [2.45, 2.75) is 13.8 Å². The highest BCUT2D eigenvalue weighted by Gasteiger charge is 2.07. The number of carbonyl (C=O) groups is 1. The normalized spacial score (nSPS) is 11.0. The van der Waals surface area contributed by atoms with E-state index in [4.69, 9.17) is 9.47 Å². The summed E-state index contributed by atoms with van der Waals surface area (Å²) in [6.07, 6.45) is 6.82. The van der Waals surface area contributed by atoms with Crippen LogP contribution in [-0.4, -0.2) is 29.0 Å². The van der Waals surface area contributed by atoms with Gasteiger partial charge in [-0.1, -0.05) is 6.07 Å². The van der Waals surface area contributed by atoms with Crippen molar-refractivity contribution in [3.63, 3.8) is 0 Å². The molecule has 0 radical (unpaired) electrons. The zero-order valence-electron chi connectivity index (χ0n) is 15.0. The molecule has 134 valence electrons. The molecule has 2 aromatic heterocycles. The second-order valence-electron chi connectivity index (χ2n) is 5.65. The topological polar surface area (TPSA) is 64.9 Å². The SMILES string of the molecule is CCOc1ccc(/C=C/C(=O)Nc2ccc3nccn3c2C)cc1OC. The monoisotopic (exact) mass is 351 g/mol. The summed E-state index contributed by atoms with van der Waals surface area (Å²) >= 11 is 0. The van der Waals surface area contributed by atoms with E-state index >= 15 is 0 Å². The van der Waals surface area contributed by atoms with E-state index in [1.165, 1.54) is 6.08 Å². The third-order valence-corrected chi connectivity index (χ3v) is 3.99. The first-order valence-electron chi connectivity index (χ1n) is 8.35. The number of hydrogen-bond acceptors (Lipinski definition) is 4. The molecule has 3 rings (SSSR count). The Hall–Kier alpha value is -3.28. The molecule has 2 heterocycles. The number of rotatable bonds is 6. The predicted octanol–water partition coefficient (Wildman–Crippen LogP) is 3.70. The van der Waals surface area contributed by atoms with Crippen LogP contribution in [0.1, 0.15) is 18.2 Å². The van der Waals surface area contributed by atoms with E-state index in [2.05, 4.69) is 10.3 Å². The number of aryl methyl sites for hydroxylation is 1. The quantitative estimate of drug-likeness (QED) is 0.688.